The van der Waals surface area contributed by atoms with Crippen LogP contribution in [0.3, 0.4) is 0 Å². The molecule has 1 unspecified atom stereocenters. The Bertz CT molecular complexity index is 322. The fourth-order valence-electron chi connectivity index (χ4n) is 2.53. The van der Waals surface area contributed by atoms with Gasteiger partial charge in [-0.2, -0.15) is 0 Å². The van der Waals surface area contributed by atoms with Crippen molar-refractivity contribution in [2.75, 3.05) is 25.1 Å². The third-order valence-corrected chi connectivity index (χ3v) is 5.34. The Morgan fingerprint density at radius 3 is 2.53 bits per heavy atom. The monoisotopic (exact) mass is 233 g/mol. The zero-order valence-corrected chi connectivity index (χ0v) is 9.91. The van der Waals surface area contributed by atoms with Gasteiger partial charge in [-0.25, -0.2) is 8.42 Å². The molecule has 0 spiro atoms. The van der Waals surface area contributed by atoms with Gasteiger partial charge in [0, 0.05) is 12.6 Å². The van der Waals surface area contributed by atoms with Crippen LogP contribution in [-0.2, 0) is 9.84 Å². The highest BCUT2D eigenvalue weighted by Crippen LogP contribution is 2.29. The number of sulfone groups is 1. The van der Waals surface area contributed by atoms with Crippen LogP contribution in [0.1, 0.15) is 19.3 Å². The molecule has 2 aliphatic rings. The fourth-order valence-corrected chi connectivity index (χ4v) is 4.33. The lowest BCUT2D eigenvalue weighted by atomic mass is 9.82. The highest BCUT2D eigenvalue weighted by molar-refractivity contribution is 7.91. The van der Waals surface area contributed by atoms with Crippen LogP contribution in [-0.4, -0.2) is 55.7 Å². The maximum Gasteiger partial charge on any atom is 0.151 e. The minimum Gasteiger partial charge on any atom is -0.393 e. The standard InChI is InChI=1S/C10H19NO3S/c1-11(6-8-4-10(12)5-8)9-2-3-15(13,14)7-9/h8-10,12H,2-7H2,1H3. The molecule has 1 N–H and O–H groups in total. The van der Waals surface area contributed by atoms with Gasteiger partial charge in [0.25, 0.3) is 0 Å². The smallest absolute Gasteiger partial charge is 0.151 e. The molecule has 1 saturated carbocycles. The summed E-state index contributed by atoms with van der Waals surface area (Å²) in [6.07, 6.45) is 2.41. The van der Waals surface area contributed by atoms with Crippen molar-refractivity contribution < 1.29 is 13.5 Å². The highest BCUT2D eigenvalue weighted by atomic mass is 32.2. The lowest BCUT2D eigenvalue weighted by Crippen LogP contribution is -2.41. The maximum absolute atomic E-state index is 11.3. The fraction of sp³-hybridized carbons (Fsp3) is 1.00. The van der Waals surface area contributed by atoms with Crippen molar-refractivity contribution in [3.05, 3.63) is 0 Å². The summed E-state index contributed by atoms with van der Waals surface area (Å²) in [4.78, 5) is 2.15. The molecule has 0 bridgehead atoms. The average molecular weight is 233 g/mol. The van der Waals surface area contributed by atoms with Gasteiger partial charge in [0.05, 0.1) is 17.6 Å². The van der Waals surface area contributed by atoms with Crippen LogP contribution >= 0.6 is 0 Å². The first kappa shape index (κ1) is 11.4. The molecule has 0 aromatic carbocycles. The zero-order chi connectivity index (χ0) is 11.1. The lowest BCUT2D eigenvalue weighted by molar-refractivity contribution is 0.0236. The van der Waals surface area contributed by atoms with E-state index in [2.05, 4.69) is 4.90 Å². The van der Waals surface area contributed by atoms with Crippen LogP contribution in [0, 0.1) is 5.92 Å². The maximum atomic E-state index is 11.3. The molecule has 4 nitrogen and oxygen atoms in total. The van der Waals surface area contributed by atoms with Gasteiger partial charge in [0.15, 0.2) is 9.84 Å². The van der Waals surface area contributed by atoms with Gasteiger partial charge in [-0.1, -0.05) is 0 Å². The molecule has 0 amide bonds. The number of aliphatic hydroxyl groups excluding tert-OH is 1. The van der Waals surface area contributed by atoms with E-state index in [4.69, 9.17) is 5.11 Å². The highest BCUT2D eigenvalue weighted by Gasteiger charge is 2.34. The van der Waals surface area contributed by atoms with Crippen LogP contribution in [0.15, 0.2) is 0 Å². The van der Waals surface area contributed by atoms with E-state index >= 15 is 0 Å². The Morgan fingerprint density at radius 1 is 1.40 bits per heavy atom. The van der Waals surface area contributed by atoms with Crippen molar-refractivity contribution in [3.63, 3.8) is 0 Å². The summed E-state index contributed by atoms with van der Waals surface area (Å²) in [7, 11) is -0.771. The van der Waals surface area contributed by atoms with Gasteiger partial charge in [-0.05, 0) is 32.2 Å². The molecule has 0 aromatic rings. The molecule has 1 aliphatic heterocycles. The Labute approximate surface area is 91.2 Å². The minimum absolute atomic E-state index is 0.115. The molecule has 1 aliphatic carbocycles. The average Bonchev–Trinajstić information content (AvgIpc) is 2.43. The molecule has 15 heavy (non-hydrogen) atoms. The molecule has 1 heterocycles. The largest absolute Gasteiger partial charge is 0.393 e. The Morgan fingerprint density at radius 2 is 2.07 bits per heavy atom. The zero-order valence-electron chi connectivity index (χ0n) is 9.09. The topological polar surface area (TPSA) is 57.6 Å². The quantitative estimate of drug-likeness (QED) is 0.738. The van der Waals surface area contributed by atoms with Crippen LogP contribution in [0.2, 0.25) is 0 Å². The van der Waals surface area contributed by atoms with Crippen molar-refractivity contribution >= 4 is 9.84 Å². The predicted octanol–water partition coefficient (Wildman–Crippen LogP) is -0.124. The van der Waals surface area contributed by atoms with Crippen LogP contribution in [0.5, 0.6) is 0 Å². The number of hydrogen-bond acceptors (Lipinski definition) is 4. The Kier molecular flexibility index (Phi) is 3.05. The van der Waals surface area contributed by atoms with E-state index in [-0.39, 0.29) is 12.1 Å². The van der Waals surface area contributed by atoms with E-state index in [1.807, 2.05) is 7.05 Å². The van der Waals surface area contributed by atoms with Crippen molar-refractivity contribution in [2.24, 2.45) is 5.92 Å². The summed E-state index contributed by atoms with van der Waals surface area (Å²) < 4.78 is 22.6. The van der Waals surface area contributed by atoms with Crippen LogP contribution in [0.4, 0.5) is 0 Å². The number of aliphatic hydroxyl groups is 1. The summed E-state index contributed by atoms with van der Waals surface area (Å²) in [5.74, 6) is 1.22. The van der Waals surface area contributed by atoms with E-state index in [0.29, 0.717) is 17.4 Å². The second-order valence-electron chi connectivity index (χ2n) is 4.99. The summed E-state index contributed by atoms with van der Waals surface area (Å²) in [6.45, 7) is 0.928. The second kappa shape index (κ2) is 4.03. The normalized spacial score (nSPS) is 39.3. The van der Waals surface area contributed by atoms with E-state index in [1.165, 1.54) is 0 Å². The molecular formula is C10H19NO3S. The summed E-state index contributed by atoms with van der Waals surface area (Å²) in [6, 6.07) is 0.202. The van der Waals surface area contributed by atoms with Crippen LogP contribution in [0.25, 0.3) is 0 Å². The molecule has 5 heteroatoms. The molecule has 0 radical (unpaired) electrons. The molecular weight excluding hydrogens is 214 g/mol. The predicted molar refractivity (Wildman–Crippen MR) is 58.4 cm³/mol. The first-order valence-corrected chi connectivity index (χ1v) is 7.37. The molecule has 1 saturated heterocycles. The van der Waals surface area contributed by atoms with E-state index in [1.54, 1.807) is 0 Å². The number of rotatable bonds is 3. The van der Waals surface area contributed by atoms with Crippen molar-refractivity contribution in [2.45, 2.75) is 31.4 Å². The number of nitrogens with zero attached hydrogens (tertiary/aromatic N) is 1. The lowest BCUT2D eigenvalue weighted by Gasteiger charge is -2.36. The SMILES string of the molecule is CN(CC1CC(O)C1)C1CCS(=O)(=O)C1. The van der Waals surface area contributed by atoms with Gasteiger partial charge in [-0.3, -0.25) is 0 Å². The third kappa shape index (κ3) is 2.71. The second-order valence-corrected chi connectivity index (χ2v) is 7.22. The molecule has 88 valence electrons. The first-order chi connectivity index (χ1) is 6.96. The minimum atomic E-state index is -2.77. The third-order valence-electron chi connectivity index (χ3n) is 3.59. The molecule has 0 aromatic heterocycles. The van der Waals surface area contributed by atoms with Crippen molar-refractivity contribution in [3.8, 4) is 0 Å². The summed E-state index contributed by atoms with van der Waals surface area (Å²) >= 11 is 0. The van der Waals surface area contributed by atoms with Crippen molar-refractivity contribution in [1.82, 2.24) is 4.90 Å². The molecule has 2 rings (SSSR count). The van der Waals surface area contributed by atoms with E-state index in [9.17, 15) is 8.42 Å². The molecule has 1 atom stereocenters. The van der Waals surface area contributed by atoms with E-state index in [0.717, 1.165) is 25.8 Å². The van der Waals surface area contributed by atoms with Gasteiger partial charge in [0.2, 0.25) is 0 Å². The van der Waals surface area contributed by atoms with Crippen molar-refractivity contribution in [1.29, 1.82) is 0 Å². The van der Waals surface area contributed by atoms with Crippen LogP contribution < -0.4 is 0 Å². The van der Waals surface area contributed by atoms with Gasteiger partial charge in [-0.15, -0.1) is 0 Å². The summed E-state index contributed by atoms with van der Waals surface area (Å²) in [5.41, 5.74) is 0. The summed E-state index contributed by atoms with van der Waals surface area (Å²) in [5, 5.41) is 9.17. The van der Waals surface area contributed by atoms with Gasteiger partial charge < -0.3 is 10.0 Å². The Hall–Kier alpha value is -0.130. The van der Waals surface area contributed by atoms with Gasteiger partial charge >= 0.3 is 0 Å². The van der Waals surface area contributed by atoms with E-state index < -0.39 is 9.84 Å². The Balaban J connectivity index is 1.79. The number of hydrogen-bond donors (Lipinski definition) is 1. The van der Waals surface area contributed by atoms with Gasteiger partial charge in [0.1, 0.15) is 0 Å². The first-order valence-electron chi connectivity index (χ1n) is 5.55. The molecule has 2 fully saturated rings.